The molecule has 1 aromatic carbocycles. The van der Waals surface area contributed by atoms with Gasteiger partial charge in [-0.1, -0.05) is 12.1 Å². The van der Waals surface area contributed by atoms with Crippen LogP contribution in [-0.2, 0) is 25.2 Å². The number of alkyl halides is 3. The number of rotatable bonds is 5. The van der Waals surface area contributed by atoms with Crippen LogP contribution >= 0.6 is 0 Å². The van der Waals surface area contributed by atoms with Gasteiger partial charge in [0.15, 0.2) is 11.8 Å². The number of hydrogen-bond acceptors (Lipinski definition) is 7. The molecule has 2 amide bonds. The molecule has 0 radical (unpaired) electrons. The average Bonchev–Trinajstić information content (AvgIpc) is 2.63. The van der Waals surface area contributed by atoms with Crippen LogP contribution in [0.15, 0.2) is 24.3 Å². The molecular formula is C22H28F3NO7. The van der Waals surface area contributed by atoms with E-state index in [1.54, 1.807) is 0 Å². The number of Topliss-reactive ketones (excluding diaryl/α,β-unsaturated/α-hetero) is 1. The third-order valence-corrected chi connectivity index (χ3v) is 3.86. The van der Waals surface area contributed by atoms with E-state index in [1.807, 2.05) is 0 Å². The fourth-order valence-electron chi connectivity index (χ4n) is 2.53. The third-order valence-electron chi connectivity index (χ3n) is 3.86. The molecular weight excluding hydrogens is 447 g/mol. The Morgan fingerprint density at radius 3 is 1.79 bits per heavy atom. The highest BCUT2D eigenvalue weighted by atomic mass is 19.4. The van der Waals surface area contributed by atoms with Gasteiger partial charge >= 0.3 is 24.3 Å². The molecule has 11 heteroatoms. The molecule has 33 heavy (non-hydrogen) atoms. The number of imide groups is 1. The second kappa shape index (κ2) is 10.2. The first-order chi connectivity index (χ1) is 14.9. The summed E-state index contributed by atoms with van der Waals surface area (Å²) in [4.78, 5) is 51.1. The third kappa shape index (κ3) is 8.74. The molecule has 8 nitrogen and oxygen atoms in total. The summed E-state index contributed by atoms with van der Waals surface area (Å²) in [7, 11) is 0.965. The van der Waals surface area contributed by atoms with Crippen LogP contribution in [0, 0.1) is 0 Å². The maximum absolute atomic E-state index is 13.0. The molecule has 184 valence electrons. The Labute approximate surface area is 190 Å². The van der Waals surface area contributed by atoms with Gasteiger partial charge in [0.2, 0.25) is 0 Å². The van der Waals surface area contributed by atoms with Gasteiger partial charge in [-0.25, -0.2) is 14.4 Å². The molecule has 0 spiro atoms. The second-order valence-corrected chi connectivity index (χ2v) is 9.08. The number of ether oxygens (including phenoxy) is 3. The summed E-state index contributed by atoms with van der Waals surface area (Å²) in [6.45, 7) is 9.08. The monoisotopic (exact) mass is 475 g/mol. The van der Waals surface area contributed by atoms with E-state index in [-0.39, 0.29) is 5.56 Å². The van der Waals surface area contributed by atoms with Crippen LogP contribution in [0.25, 0.3) is 0 Å². The van der Waals surface area contributed by atoms with E-state index in [2.05, 4.69) is 4.74 Å². The molecule has 1 atom stereocenters. The molecule has 0 fully saturated rings. The Hall–Kier alpha value is -3.11. The molecule has 0 saturated carbocycles. The Morgan fingerprint density at radius 1 is 0.909 bits per heavy atom. The lowest BCUT2D eigenvalue weighted by Crippen LogP contribution is -2.53. The van der Waals surface area contributed by atoms with Gasteiger partial charge in [0.25, 0.3) is 0 Å². The summed E-state index contributed by atoms with van der Waals surface area (Å²) in [5.41, 5.74) is -3.60. The van der Waals surface area contributed by atoms with Gasteiger partial charge in [0, 0.05) is 12.0 Å². The molecule has 0 bridgehead atoms. The predicted molar refractivity (Wildman–Crippen MR) is 111 cm³/mol. The normalized spacial score (nSPS) is 13.0. The van der Waals surface area contributed by atoms with E-state index >= 15 is 0 Å². The topological polar surface area (TPSA) is 99.2 Å². The Balaban J connectivity index is 3.41. The smallest absolute Gasteiger partial charge is 0.420 e. The van der Waals surface area contributed by atoms with Crippen molar-refractivity contribution in [2.75, 3.05) is 7.11 Å². The average molecular weight is 475 g/mol. The van der Waals surface area contributed by atoms with Crippen LogP contribution in [0.4, 0.5) is 22.8 Å². The minimum atomic E-state index is -4.70. The fraction of sp³-hybridized carbons (Fsp3) is 0.545. The molecule has 0 aliphatic heterocycles. The van der Waals surface area contributed by atoms with Crippen LogP contribution in [-0.4, -0.2) is 53.2 Å². The summed E-state index contributed by atoms with van der Waals surface area (Å²) in [6.07, 6.45) is -8.13. The van der Waals surface area contributed by atoms with Crippen LogP contribution in [0.3, 0.4) is 0 Å². The maximum atomic E-state index is 13.0. The number of methoxy groups -OCH3 is 1. The fourth-order valence-corrected chi connectivity index (χ4v) is 2.53. The lowest BCUT2D eigenvalue weighted by atomic mass is 10.0. The van der Waals surface area contributed by atoms with Crippen LogP contribution < -0.4 is 0 Å². The number of carbonyl (C=O) groups is 4. The van der Waals surface area contributed by atoms with Gasteiger partial charge in [-0.2, -0.15) is 18.1 Å². The van der Waals surface area contributed by atoms with Crippen LogP contribution in [0.5, 0.6) is 0 Å². The number of ketones is 1. The van der Waals surface area contributed by atoms with Crippen molar-refractivity contribution in [2.45, 2.75) is 71.4 Å². The molecule has 0 aromatic heterocycles. The summed E-state index contributed by atoms with van der Waals surface area (Å²) in [5, 5.41) is 0. The summed E-state index contributed by atoms with van der Waals surface area (Å²) in [5.74, 6) is -2.10. The van der Waals surface area contributed by atoms with Crippen molar-refractivity contribution in [1.82, 2.24) is 4.90 Å². The van der Waals surface area contributed by atoms with E-state index < -0.39 is 59.3 Å². The van der Waals surface area contributed by atoms with E-state index in [0.29, 0.717) is 11.0 Å². The molecule has 1 rings (SSSR count). The van der Waals surface area contributed by atoms with Crippen molar-refractivity contribution in [1.29, 1.82) is 0 Å². The molecule has 0 aliphatic carbocycles. The highest BCUT2D eigenvalue weighted by Gasteiger charge is 2.42. The van der Waals surface area contributed by atoms with Crippen LogP contribution in [0.1, 0.15) is 63.9 Å². The molecule has 1 unspecified atom stereocenters. The lowest BCUT2D eigenvalue weighted by Gasteiger charge is -2.32. The Kier molecular flexibility index (Phi) is 8.65. The number of halogens is 3. The maximum Gasteiger partial charge on any atom is 0.420 e. The van der Waals surface area contributed by atoms with Crippen LogP contribution in [0.2, 0.25) is 0 Å². The zero-order valence-corrected chi connectivity index (χ0v) is 19.5. The van der Waals surface area contributed by atoms with Crippen molar-refractivity contribution < 1.29 is 46.6 Å². The molecule has 1 aromatic rings. The quantitative estimate of drug-likeness (QED) is 0.336. The van der Waals surface area contributed by atoms with Crippen molar-refractivity contribution in [3.05, 3.63) is 35.4 Å². The van der Waals surface area contributed by atoms with E-state index in [9.17, 15) is 32.3 Å². The summed E-state index contributed by atoms with van der Waals surface area (Å²) < 4.78 is 54.0. The van der Waals surface area contributed by atoms with Gasteiger partial charge in [0.1, 0.15) is 11.2 Å². The van der Waals surface area contributed by atoms with Crippen molar-refractivity contribution >= 4 is 23.9 Å². The standard InChI is InChI=1S/C22H28F3NO7/c1-20(2,3)32-18(29)26(19(30)33-21(4,5)6)15(17(28)31-7)12-16(27)13-9-8-10-14(11-13)22(23,24)25/h8-11,15H,12H2,1-7H3. The van der Waals surface area contributed by atoms with E-state index in [1.165, 1.54) is 41.5 Å². The number of benzene rings is 1. The minimum absolute atomic E-state index is 0.299. The van der Waals surface area contributed by atoms with Gasteiger partial charge < -0.3 is 14.2 Å². The highest BCUT2D eigenvalue weighted by Crippen LogP contribution is 2.30. The number of hydrogen-bond donors (Lipinski definition) is 0. The molecule has 0 aliphatic rings. The zero-order chi connectivity index (χ0) is 25.8. The van der Waals surface area contributed by atoms with Gasteiger partial charge in [-0.05, 0) is 53.7 Å². The Morgan fingerprint density at radius 2 is 1.39 bits per heavy atom. The predicted octanol–water partition coefficient (Wildman–Crippen LogP) is 4.99. The highest BCUT2D eigenvalue weighted by molar-refractivity contribution is 6.02. The first kappa shape index (κ1) is 27.9. The van der Waals surface area contributed by atoms with E-state index in [0.717, 1.165) is 25.3 Å². The van der Waals surface area contributed by atoms with Crippen molar-refractivity contribution in [2.24, 2.45) is 0 Å². The lowest BCUT2D eigenvalue weighted by molar-refractivity contribution is -0.146. The number of esters is 1. The number of nitrogens with zero attached hydrogens (tertiary/aromatic N) is 1. The Bertz CT molecular complexity index is 870. The van der Waals surface area contributed by atoms with Crippen molar-refractivity contribution in [3.8, 4) is 0 Å². The first-order valence-corrected chi connectivity index (χ1v) is 9.89. The van der Waals surface area contributed by atoms with Gasteiger partial charge in [-0.15, -0.1) is 0 Å². The van der Waals surface area contributed by atoms with E-state index in [4.69, 9.17) is 9.47 Å². The zero-order valence-electron chi connectivity index (χ0n) is 19.5. The van der Waals surface area contributed by atoms with Gasteiger partial charge in [-0.3, -0.25) is 4.79 Å². The SMILES string of the molecule is COC(=O)C(CC(=O)c1cccc(C(F)(F)F)c1)N(C(=O)OC(C)(C)C)C(=O)OC(C)(C)C. The molecule has 0 saturated heterocycles. The largest absolute Gasteiger partial charge is 0.467 e. The first-order valence-electron chi connectivity index (χ1n) is 9.89. The minimum Gasteiger partial charge on any atom is -0.467 e. The molecule has 0 N–H and O–H groups in total. The second-order valence-electron chi connectivity index (χ2n) is 9.08. The van der Waals surface area contributed by atoms with Crippen molar-refractivity contribution in [3.63, 3.8) is 0 Å². The summed E-state index contributed by atoms with van der Waals surface area (Å²) >= 11 is 0. The number of amides is 2. The molecule has 0 heterocycles. The summed E-state index contributed by atoms with van der Waals surface area (Å²) in [6, 6.07) is 1.70. The number of carbonyl (C=O) groups excluding carboxylic acids is 4. The van der Waals surface area contributed by atoms with Gasteiger partial charge in [0.05, 0.1) is 12.7 Å².